The molecule has 11 heavy (non-hydrogen) atoms. The number of ether oxygens (including phenoxy) is 1. The molecule has 0 atom stereocenters. The lowest BCUT2D eigenvalue weighted by atomic mass is 9.93. The molecule has 1 aliphatic heterocycles. The maximum absolute atomic E-state index is 5.27. The summed E-state index contributed by atoms with van der Waals surface area (Å²) in [6, 6.07) is 0. The lowest BCUT2D eigenvalue weighted by molar-refractivity contribution is 0.0665. The van der Waals surface area contributed by atoms with Gasteiger partial charge >= 0.3 is 0 Å². The van der Waals surface area contributed by atoms with Crippen molar-refractivity contribution in [2.75, 3.05) is 13.2 Å². The minimum atomic E-state index is 0.818. The van der Waals surface area contributed by atoms with Gasteiger partial charge in [-0.2, -0.15) is 0 Å². The molecule has 0 spiro atoms. The van der Waals surface area contributed by atoms with E-state index in [9.17, 15) is 0 Å². The largest absolute Gasteiger partial charge is 0.381 e. The molecule has 1 aliphatic rings. The molecule has 62 valence electrons. The minimum absolute atomic E-state index is 0.818. The van der Waals surface area contributed by atoms with E-state index >= 15 is 0 Å². The Hall–Kier alpha value is -0.520. The van der Waals surface area contributed by atoms with Crippen LogP contribution in [0.1, 0.15) is 26.2 Å². The Kier molecular flexibility index (Phi) is 3.41. The molecule has 0 N–H and O–H groups in total. The Labute approximate surface area is 68.8 Å². The van der Waals surface area contributed by atoms with Gasteiger partial charge in [0, 0.05) is 13.2 Å². The topological polar surface area (TPSA) is 9.23 Å². The predicted octanol–water partition coefficient (Wildman–Crippen LogP) is 2.53. The summed E-state index contributed by atoms with van der Waals surface area (Å²) in [5, 5.41) is 0. The van der Waals surface area contributed by atoms with Crippen molar-refractivity contribution in [3.8, 4) is 0 Å². The number of hydrogen-bond acceptors (Lipinski definition) is 1. The number of hydrogen-bond donors (Lipinski definition) is 0. The van der Waals surface area contributed by atoms with Crippen LogP contribution in [0.4, 0.5) is 0 Å². The summed E-state index contributed by atoms with van der Waals surface area (Å²) in [7, 11) is 0. The van der Waals surface area contributed by atoms with E-state index in [4.69, 9.17) is 4.74 Å². The second-order valence-electron chi connectivity index (χ2n) is 3.22. The van der Waals surface area contributed by atoms with Crippen LogP contribution in [0, 0.1) is 5.92 Å². The molecule has 1 saturated heterocycles. The summed E-state index contributed by atoms with van der Waals surface area (Å²) in [5.74, 6) is 0.818. The molecule has 0 aromatic rings. The molecule has 1 fully saturated rings. The highest BCUT2D eigenvalue weighted by molar-refractivity contribution is 4.96. The second-order valence-corrected chi connectivity index (χ2v) is 3.22. The van der Waals surface area contributed by atoms with E-state index in [2.05, 4.69) is 19.2 Å². The highest BCUT2D eigenvalue weighted by Crippen LogP contribution is 2.21. The summed E-state index contributed by atoms with van der Waals surface area (Å²) in [5.41, 5.74) is 4.23. The lowest BCUT2D eigenvalue weighted by Gasteiger charge is -2.21. The van der Waals surface area contributed by atoms with Gasteiger partial charge in [0.05, 0.1) is 0 Å². The molecule has 0 aliphatic carbocycles. The monoisotopic (exact) mass is 152 g/mol. The molecule has 0 aromatic heterocycles. The van der Waals surface area contributed by atoms with E-state index in [-0.39, 0.29) is 0 Å². The summed E-state index contributed by atoms with van der Waals surface area (Å²) in [6.45, 7) is 7.61. The van der Waals surface area contributed by atoms with Gasteiger partial charge in [0.15, 0.2) is 0 Å². The van der Waals surface area contributed by atoms with Gasteiger partial charge in [-0.25, -0.2) is 0 Å². The van der Waals surface area contributed by atoms with Crippen molar-refractivity contribution >= 4 is 0 Å². The number of allylic oxidation sites excluding steroid dienone is 1. The van der Waals surface area contributed by atoms with Gasteiger partial charge in [0.25, 0.3) is 0 Å². The van der Waals surface area contributed by atoms with Crippen LogP contribution < -0.4 is 0 Å². The van der Waals surface area contributed by atoms with Gasteiger partial charge < -0.3 is 4.74 Å². The van der Waals surface area contributed by atoms with Crippen molar-refractivity contribution < 1.29 is 4.74 Å². The van der Waals surface area contributed by atoms with Gasteiger partial charge in [-0.1, -0.05) is 6.58 Å². The Morgan fingerprint density at radius 2 is 2.18 bits per heavy atom. The van der Waals surface area contributed by atoms with Gasteiger partial charge in [-0.3, -0.25) is 0 Å². The molecule has 0 saturated carbocycles. The Balaban J connectivity index is 2.30. The molecule has 1 heteroatoms. The fraction of sp³-hybridized carbons (Fsp3) is 0.700. The van der Waals surface area contributed by atoms with Crippen molar-refractivity contribution in [2.45, 2.75) is 26.2 Å². The third-order valence-corrected chi connectivity index (χ3v) is 2.24. The van der Waals surface area contributed by atoms with Crippen LogP contribution in [0.3, 0.4) is 0 Å². The highest BCUT2D eigenvalue weighted by atomic mass is 16.5. The van der Waals surface area contributed by atoms with E-state index in [0.717, 1.165) is 25.6 Å². The van der Waals surface area contributed by atoms with E-state index in [1.165, 1.54) is 18.4 Å². The molecule has 0 radical (unpaired) electrons. The van der Waals surface area contributed by atoms with Crippen molar-refractivity contribution in [3.05, 3.63) is 17.9 Å². The molecule has 0 amide bonds. The van der Waals surface area contributed by atoms with Crippen molar-refractivity contribution in [2.24, 2.45) is 5.92 Å². The smallest absolute Gasteiger partial charge is 0.0468 e. The zero-order valence-electron chi connectivity index (χ0n) is 7.23. The van der Waals surface area contributed by atoms with Crippen molar-refractivity contribution in [1.29, 1.82) is 0 Å². The first-order valence-corrected chi connectivity index (χ1v) is 4.26. The third-order valence-electron chi connectivity index (χ3n) is 2.24. The highest BCUT2D eigenvalue weighted by Gasteiger charge is 2.13. The fourth-order valence-corrected chi connectivity index (χ4v) is 1.46. The van der Waals surface area contributed by atoms with Crippen LogP contribution in [-0.2, 0) is 4.74 Å². The van der Waals surface area contributed by atoms with Crippen LogP contribution in [-0.4, -0.2) is 13.2 Å². The van der Waals surface area contributed by atoms with Crippen LogP contribution in [0.15, 0.2) is 17.9 Å². The Morgan fingerprint density at radius 3 is 2.73 bits per heavy atom. The maximum Gasteiger partial charge on any atom is 0.0468 e. The normalized spacial score (nSPS) is 19.4. The summed E-state index contributed by atoms with van der Waals surface area (Å²) in [6.07, 6.45) is 3.57. The SMILES string of the molecule is C=C=C(C)CC1CCOCC1. The molecule has 0 bridgehead atoms. The third kappa shape index (κ3) is 2.92. The fourth-order valence-electron chi connectivity index (χ4n) is 1.46. The molecule has 0 unspecified atom stereocenters. The van der Waals surface area contributed by atoms with Gasteiger partial charge in [-0.05, 0) is 37.7 Å². The molecular weight excluding hydrogens is 136 g/mol. The molecule has 1 nitrogen and oxygen atoms in total. The first-order chi connectivity index (χ1) is 5.33. The van der Waals surface area contributed by atoms with Crippen molar-refractivity contribution in [3.63, 3.8) is 0 Å². The Bertz CT molecular complexity index is 160. The lowest BCUT2D eigenvalue weighted by Crippen LogP contribution is -2.15. The molecule has 1 heterocycles. The van der Waals surface area contributed by atoms with E-state index < -0.39 is 0 Å². The summed E-state index contributed by atoms with van der Waals surface area (Å²) < 4.78 is 5.27. The quantitative estimate of drug-likeness (QED) is 0.552. The first kappa shape index (κ1) is 8.58. The molecule has 1 rings (SSSR count). The number of rotatable bonds is 2. The average Bonchev–Trinajstić information content (AvgIpc) is 2.06. The van der Waals surface area contributed by atoms with Gasteiger partial charge in [-0.15, -0.1) is 5.73 Å². The molecule has 0 aromatic carbocycles. The second kappa shape index (κ2) is 4.38. The first-order valence-electron chi connectivity index (χ1n) is 4.26. The maximum atomic E-state index is 5.27. The van der Waals surface area contributed by atoms with Crippen LogP contribution in [0.5, 0.6) is 0 Å². The molecular formula is C10H16O. The van der Waals surface area contributed by atoms with Crippen LogP contribution >= 0.6 is 0 Å². The summed E-state index contributed by atoms with van der Waals surface area (Å²) in [4.78, 5) is 0. The predicted molar refractivity (Wildman–Crippen MR) is 46.5 cm³/mol. The minimum Gasteiger partial charge on any atom is -0.381 e. The van der Waals surface area contributed by atoms with E-state index in [1.54, 1.807) is 0 Å². The van der Waals surface area contributed by atoms with Crippen LogP contribution in [0.25, 0.3) is 0 Å². The van der Waals surface area contributed by atoms with Gasteiger partial charge in [0.2, 0.25) is 0 Å². The van der Waals surface area contributed by atoms with Crippen LogP contribution in [0.2, 0.25) is 0 Å². The standard InChI is InChI=1S/C10H16O/c1-3-9(2)8-10-4-6-11-7-5-10/h10H,1,4-8H2,2H3. The van der Waals surface area contributed by atoms with E-state index in [1.807, 2.05) is 0 Å². The summed E-state index contributed by atoms with van der Waals surface area (Å²) >= 11 is 0. The van der Waals surface area contributed by atoms with E-state index in [0.29, 0.717) is 0 Å². The van der Waals surface area contributed by atoms with Gasteiger partial charge in [0.1, 0.15) is 0 Å². The van der Waals surface area contributed by atoms with Crippen molar-refractivity contribution in [1.82, 2.24) is 0 Å². The zero-order chi connectivity index (χ0) is 8.10. The Morgan fingerprint density at radius 1 is 1.55 bits per heavy atom. The average molecular weight is 152 g/mol. The zero-order valence-corrected chi connectivity index (χ0v) is 7.23.